The van der Waals surface area contributed by atoms with Crippen molar-refractivity contribution in [1.82, 2.24) is 9.80 Å². The molecule has 0 N–H and O–H groups in total. The highest BCUT2D eigenvalue weighted by Gasteiger charge is 2.22. The maximum absolute atomic E-state index is 13.3. The standard InChI is InChI=1S/C21H22Cl2N2O4/c22-16-2-3-17(18(23)12-16)21(26)25(6-5-24-7-9-27-10-8-24)13-15-1-4-19-20(11-15)29-14-28-19/h1-4,11-12H,5-10,13-14H2. The fourth-order valence-corrected chi connectivity index (χ4v) is 3.92. The van der Waals surface area contributed by atoms with Gasteiger partial charge in [-0.3, -0.25) is 9.69 Å². The number of ether oxygens (including phenoxy) is 3. The average molecular weight is 437 g/mol. The molecule has 0 saturated carbocycles. The van der Waals surface area contributed by atoms with Gasteiger partial charge in [-0.15, -0.1) is 0 Å². The fourth-order valence-electron chi connectivity index (χ4n) is 3.43. The van der Waals surface area contributed by atoms with Crippen molar-refractivity contribution in [2.45, 2.75) is 6.54 Å². The molecular weight excluding hydrogens is 415 g/mol. The van der Waals surface area contributed by atoms with E-state index in [-0.39, 0.29) is 12.7 Å². The summed E-state index contributed by atoms with van der Waals surface area (Å²) in [5.74, 6) is 1.30. The Bertz CT molecular complexity index is 887. The van der Waals surface area contributed by atoms with Gasteiger partial charge in [0.15, 0.2) is 11.5 Å². The first kappa shape index (κ1) is 20.3. The van der Waals surface area contributed by atoms with Crippen molar-refractivity contribution >= 4 is 29.1 Å². The molecule has 2 aromatic carbocycles. The second kappa shape index (κ2) is 9.22. The van der Waals surface area contributed by atoms with Crippen molar-refractivity contribution in [1.29, 1.82) is 0 Å². The maximum Gasteiger partial charge on any atom is 0.255 e. The molecular formula is C21H22Cl2N2O4. The Hall–Kier alpha value is -1.99. The number of halogens is 2. The van der Waals surface area contributed by atoms with E-state index in [1.807, 2.05) is 23.1 Å². The molecule has 8 heteroatoms. The molecule has 2 heterocycles. The minimum Gasteiger partial charge on any atom is -0.454 e. The maximum atomic E-state index is 13.3. The van der Waals surface area contributed by atoms with Crippen LogP contribution in [0.4, 0.5) is 0 Å². The van der Waals surface area contributed by atoms with Crippen molar-refractivity contribution in [3.05, 3.63) is 57.6 Å². The molecule has 29 heavy (non-hydrogen) atoms. The van der Waals surface area contributed by atoms with Crippen LogP contribution in [0.25, 0.3) is 0 Å². The molecule has 2 aliphatic rings. The van der Waals surface area contributed by atoms with E-state index in [4.69, 9.17) is 37.4 Å². The van der Waals surface area contributed by atoms with Crippen LogP contribution in [-0.2, 0) is 11.3 Å². The van der Waals surface area contributed by atoms with Gasteiger partial charge < -0.3 is 19.1 Å². The number of hydrogen-bond donors (Lipinski definition) is 0. The quantitative estimate of drug-likeness (QED) is 0.690. The van der Waals surface area contributed by atoms with Crippen molar-refractivity contribution < 1.29 is 19.0 Å². The lowest BCUT2D eigenvalue weighted by atomic mass is 10.1. The van der Waals surface area contributed by atoms with Gasteiger partial charge in [0.05, 0.1) is 23.8 Å². The smallest absolute Gasteiger partial charge is 0.255 e. The van der Waals surface area contributed by atoms with Gasteiger partial charge in [-0.2, -0.15) is 0 Å². The predicted molar refractivity (Wildman–Crippen MR) is 111 cm³/mol. The summed E-state index contributed by atoms with van der Waals surface area (Å²) < 4.78 is 16.3. The van der Waals surface area contributed by atoms with Crippen LogP contribution in [0.1, 0.15) is 15.9 Å². The third-order valence-corrected chi connectivity index (χ3v) is 5.60. The van der Waals surface area contributed by atoms with Crippen molar-refractivity contribution in [2.24, 2.45) is 0 Å². The second-order valence-electron chi connectivity index (χ2n) is 6.99. The molecule has 2 aliphatic heterocycles. The highest BCUT2D eigenvalue weighted by molar-refractivity contribution is 6.36. The monoisotopic (exact) mass is 436 g/mol. The van der Waals surface area contributed by atoms with E-state index < -0.39 is 0 Å². The number of carbonyl (C=O) groups is 1. The summed E-state index contributed by atoms with van der Waals surface area (Å²) in [6.07, 6.45) is 0. The van der Waals surface area contributed by atoms with Gasteiger partial charge in [-0.1, -0.05) is 29.3 Å². The molecule has 0 aromatic heterocycles. The Balaban J connectivity index is 1.53. The highest BCUT2D eigenvalue weighted by Crippen LogP contribution is 2.33. The van der Waals surface area contributed by atoms with Gasteiger partial charge in [0.2, 0.25) is 6.79 Å². The zero-order valence-corrected chi connectivity index (χ0v) is 17.4. The SMILES string of the molecule is O=C(c1ccc(Cl)cc1Cl)N(CCN1CCOCC1)Cc1ccc2c(c1)OCO2. The fraction of sp³-hybridized carbons (Fsp3) is 0.381. The Kier molecular flexibility index (Phi) is 6.45. The number of amides is 1. The van der Waals surface area contributed by atoms with E-state index in [0.717, 1.165) is 44.2 Å². The first-order valence-electron chi connectivity index (χ1n) is 9.53. The zero-order chi connectivity index (χ0) is 20.2. The van der Waals surface area contributed by atoms with Gasteiger partial charge in [0.1, 0.15) is 0 Å². The largest absolute Gasteiger partial charge is 0.454 e. The number of rotatable bonds is 6. The molecule has 0 aliphatic carbocycles. The van der Waals surface area contributed by atoms with Crippen molar-refractivity contribution in [3.63, 3.8) is 0 Å². The zero-order valence-electron chi connectivity index (χ0n) is 15.9. The molecule has 0 radical (unpaired) electrons. The molecule has 0 bridgehead atoms. The van der Waals surface area contributed by atoms with E-state index in [9.17, 15) is 4.79 Å². The normalized spacial score (nSPS) is 16.1. The van der Waals surface area contributed by atoms with Gasteiger partial charge >= 0.3 is 0 Å². The van der Waals surface area contributed by atoms with E-state index in [1.165, 1.54) is 0 Å². The van der Waals surface area contributed by atoms with Crippen LogP contribution in [0.15, 0.2) is 36.4 Å². The van der Waals surface area contributed by atoms with Crippen LogP contribution in [-0.4, -0.2) is 61.9 Å². The van der Waals surface area contributed by atoms with Gasteiger partial charge in [-0.25, -0.2) is 0 Å². The van der Waals surface area contributed by atoms with Gasteiger partial charge in [0, 0.05) is 37.7 Å². The van der Waals surface area contributed by atoms with Crippen LogP contribution in [0.3, 0.4) is 0 Å². The average Bonchev–Trinajstić information content (AvgIpc) is 3.19. The third-order valence-electron chi connectivity index (χ3n) is 5.05. The predicted octanol–water partition coefficient (Wildman–Crippen LogP) is 3.70. The topological polar surface area (TPSA) is 51.2 Å². The number of morpholine rings is 1. The Morgan fingerprint density at radius 2 is 1.83 bits per heavy atom. The van der Waals surface area contributed by atoms with Crippen molar-refractivity contribution in [3.8, 4) is 11.5 Å². The molecule has 6 nitrogen and oxygen atoms in total. The summed E-state index contributed by atoms with van der Waals surface area (Å²) in [4.78, 5) is 17.4. The van der Waals surface area contributed by atoms with E-state index in [2.05, 4.69) is 4.90 Å². The first-order valence-corrected chi connectivity index (χ1v) is 10.3. The van der Waals surface area contributed by atoms with Gasteiger partial charge in [0.25, 0.3) is 5.91 Å². The van der Waals surface area contributed by atoms with Crippen LogP contribution < -0.4 is 9.47 Å². The summed E-state index contributed by atoms with van der Waals surface area (Å²) in [5.41, 5.74) is 1.41. The molecule has 0 spiro atoms. The molecule has 0 unspecified atom stereocenters. The highest BCUT2D eigenvalue weighted by atomic mass is 35.5. The summed E-state index contributed by atoms with van der Waals surface area (Å²) >= 11 is 12.3. The number of fused-ring (bicyclic) bond motifs is 1. The molecule has 154 valence electrons. The summed E-state index contributed by atoms with van der Waals surface area (Å²) in [5, 5.41) is 0.853. The Labute approximate surface area is 179 Å². The first-order chi connectivity index (χ1) is 14.1. The summed E-state index contributed by atoms with van der Waals surface area (Å²) in [7, 11) is 0. The molecule has 1 saturated heterocycles. The van der Waals surface area contributed by atoms with Crippen LogP contribution >= 0.6 is 23.2 Å². The molecule has 1 amide bonds. The number of benzene rings is 2. The van der Waals surface area contributed by atoms with E-state index >= 15 is 0 Å². The van der Waals surface area contributed by atoms with E-state index in [1.54, 1.807) is 18.2 Å². The lowest BCUT2D eigenvalue weighted by Crippen LogP contribution is -2.43. The molecule has 1 fully saturated rings. The van der Waals surface area contributed by atoms with Crippen LogP contribution in [0.5, 0.6) is 11.5 Å². The van der Waals surface area contributed by atoms with E-state index in [0.29, 0.717) is 34.4 Å². The summed E-state index contributed by atoms with van der Waals surface area (Å²) in [6, 6.07) is 10.7. The number of carbonyl (C=O) groups excluding carboxylic acids is 1. The van der Waals surface area contributed by atoms with Crippen LogP contribution in [0.2, 0.25) is 10.0 Å². The Morgan fingerprint density at radius 1 is 1.03 bits per heavy atom. The minimum atomic E-state index is -0.127. The molecule has 4 rings (SSSR count). The lowest BCUT2D eigenvalue weighted by molar-refractivity contribution is 0.0320. The summed E-state index contributed by atoms with van der Waals surface area (Å²) in [6.45, 7) is 5.19. The van der Waals surface area contributed by atoms with Gasteiger partial charge in [-0.05, 0) is 35.9 Å². The van der Waals surface area contributed by atoms with Crippen LogP contribution in [0, 0.1) is 0 Å². The number of nitrogens with zero attached hydrogens (tertiary/aromatic N) is 2. The molecule has 0 atom stereocenters. The third kappa shape index (κ3) is 4.95. The second-order valence-corrected chi connectivity index (χ2v) is 7.84. The van der Waals surface area contributed by atoms with Crippen molar-refractivity contribution in [2.75, 3.05) is 46.2 Å². The minimum absolute atomic E-state index is 0.127. The Morgan fingerprint density at radius 3 is 2.62 bits per heavy atom. The molecule has 2 aromatic rings. The number of hydrogen-bond acceptors (Lipinski definition) is 5. The lowest BCUT2D eigenvalue weighted by Gasteiger charge is -2.30.